The van der Waals surface area contributed by atoms with E-state index in [-0.39, 0.29) is 11.5 Å². The monoisotopic (exact) mass is 297 g/mol. The van der Waals surface area contributed by atoms with Crippen LogP contribution in [0.3, 0.4) is 0 Å². The minimum Gasteiger partial charge on any atom is -0.494 e. The quantitative estimate of drug-likeness (QED) is 0.351. The molecule has 0 N–H and O–H groups in total. The largest absolute Gasteiger partial charge is 0.494 e. The second kappa shape index (κ2) is 7.17. The van der Waals surface area contributed by atoms with Gasteiger partial charge in [0.2, 0.25) is 0 Å². The molecule has 0 aliphatic heterocycles. The number of carbonyl (C=O) groups is 1. The zero-order valence-corrected chi connectivity index (χ0v) is 12.1. The summed E-state index contributed by atoms with van der Waals surface area (Å²) in [4.78, 5) is 22.3. The van der Waals surface area contributed by atoms with Crippen molar-refractivity contribution in [3.63, 3.8) is 0 Å². The number of nitrogens with zero attached hydrogens (tertiary/aromatic N) is 1. The summed E-state index contributed by atoms with van der Waals surface area (Å²) in [6, 6.07) is 13.0. The van der Waals surface area contributed by atoms with E-state index in [1.165, 1.54) is 18.2 Å². The van der Waals surface area contributed by atoms with E-state index < -0.39 is 4.92 Å². The maximum atomic E-state index is 12.0. The Morgan fingerprint density at radius 1 is 1.23 bits per heavy atom. The molecule has 0 spiro atoms. The van der Waals surface area contributed by atoms with Crippen molar-refractivity contribution in [2.75, 3.05) is 6.61 Å². The number of carbonyl (C=O) groups excluding carboxylic acids is 1. The highest BCUT2D eigenvalue weighted by atomic mass is 16.6. The first-order chi connectivity index (χ1) is 10.6. The average molecular weight is 297 g/mol. The Morgan fingerprint density at radius 3 is 2.59 bits per heavy atom. The molecule has 2 aromatic carbocycles. The summed E-state index contributed by atoms with van der Waals surface area (Å²) in [5, 5.41) is 10.7. The SMILES string of the molecule is CCOc1ccc(C(=O)/C=C/c2cccc([N+](=O)[O-])c2)cc1. The summed E-state index contributed by atoms with van der Waals surface area (Å²) in [6.07, 6.45) is 2.96. The van der Waals surface area contributed by atoms with Crippen molar-refractivity contribution in [1.29, 1.82) is 0 Å². The van der Waals surface area contributed by atoms with Crippen LogP contribution < -0.4 is 4.74 Å². The van der Waals surface area contributed by atoms with Crippen LogP contribution in [0.1, 0.15) is 22.8 Å². The Bertz CT molecular complexity index is 705. The van der Waals surface area contributed by atoms with Gasteiger partial charge in [-0.05, 0) is 42.8 Å². The van der Waals surface area contributed by atoms with Gasteiger partial charge in [0.15, 0.2) is 5.78 Å². The Kier molecular flexibility index (Phi) is 5.03. The van der Waals surface area contributed by atoms with E-state index in [0.29, 0.717) is 23.5 Å². The van der Waals surface area contributed by atoms with Crippen LogP contribution in [-0.4, -0.2) is 17.3 Å². The summed E-state index contributed by atoms with van der Waals surface area (Å²) < 4.78 is 5.31. The number of hydrogen-bond acceptors (Lipinski definition) is 4. The molecule has 0 bridgehead atoms. The fraction of sp³-hybridized carbons (Fsp3) is 0.118. The Labute approximate surface area is 128 Å². The highest BCUT2D eigenvalue weighted by molar-refractivity contribution is 6.06. The molecule has 2 aromatic rings. The zero-order chi connectivity index (χ0) is 15.9. The van der Waals surface area contributed by atoms with Crippen molar-refractivity contribution in [1.82, 2.24) is 0 Å². The molecule has 0 aliphatic rings. The summed E-state index contributed by atoms with van der Waals surface area (Å²) >= 11 is 0. The normalized spacial score (nSPS) is 10.6. The van der Waals surface area contributed by atoms with E-state index in [4.69, 9.17) is 4.74 Å². The lowest BCUT2D eigenvalue weighted by Crippen LogP contribution is -1.96. The van der Waals surface area contributed by atoms with E-state index in [1.54, 1.807) is 42.5 Å². The molecule has 5 nitrogen and oxygen atoms in total. The van der Waals surface area contributed by atoms with Gasteiger partial charge in [0, 0.05) is 17.7 Å². The third kappa shape index (κ3) is 4.02. The molecule has 5 heteroatoms. The summed E-state index contributed by atoms with van der Waals surface area (Å²) in [5.74, 6) is 0.538. The smallest absolute Gasteiger partial charge is 0.270 e. The predicted molar refractivity (Wildman–Crippen MR) is 84.1 cm³/mol. The minimum atomic E-state index is -0.467. The Balaban J connectivity index is 2.10. The van der Waals surface area contributed by atoms with Gasteiger partial charge in [-0.2, -0.15) is 0 Å². The number of hydrogen-bond donors (Lipinski definition) is 0. The number of non-ortho nitro benzene ring substituents is 1. The molecule has 0 amide bonds. The summed E-state index contributed by atoms with van der Waals surface area (Å²) in [5.41, 5.74) is 1.13. The van der Waals surface area contributed by atoms with Crippen molar-refractivity contribution in [3.05, 3.63) is 75.8 Å². The second-order valence-corrected chi connectivity index (χ2v) is 4.51. The number of ketones is 1. The first-order valence-electron chi connectivity index (χ1n) is 6.80. The molecule has 0 aromatic heterocycles. The lowest BCUT2D eigenvalue weighted by molar-refractivity contribution is -0.384. The third-order valence-electron chi connectivity index (χ3n) is 2.96. The number of benzene rings is 2. The van der Waals surface area contributed by atoms with Crippen LogP contribution in [0.15, 0.2) is 54.6 Å². The summed E-state index contributed by atoms with van der Waals surface area (Å²) in [7, 11) is 0. The van der Waals surface area contributed by atoms with Crippen LogP contribution in [0.5, 0.6) is 5.75 Å². The maximum Gasteiger partial charge on any atom is 0.270 e. The fourth-order valence-corrected chi connectivity index (χ4v) is 1.89. The van der Waals surface area contributed by atoms with Crippen LogP contribution in [0.4, 0.5) is 5.69 Å². The molecular formula is C17H15NO4. The number of ether oxygens (including phenoxy) is 1. The van der Waals surface area contributed by atoms with E-state index in [2.05, 4.69) is 0 Å². The number of allylic oxidation sites excluding steroid dienone is 1. The van der Waals surface area contributed by atoms with Gasteiger partial charge in [-0.3, -0.25) is 14.9 Å². The molecule has 0 radical (unpaired) electrons. The minimum absolute atomic E-state index is 0.00401. The van der Waals surface area contributed by atoms with Crippen LogP contribution in [0.2, 0.25) is 0 Å². The van der Waals surface area contributed by atoms with Crippen molar-refractivity contribution in [2.45, 2.75) is 6.92 Å². The maximum absolute atomic E-state index is 12.0. The number of rotatable bonds is 6. The van der Waals surface area contributed by atoms with Gasteiger partial charge in [0.05, 0.1) is 11.5 Å². The van der Waals surface area contributed by atoms with Crippen LogP contribution in [0, 0.1) is 10.1 Å². The standard InChI is InChI=1S/C17H15NO4/c1-2-22-16-9-7-14(8-10-16)17(19)11-6-13-4-3-5-15(12-13)18(20)21/h3-12H,2H2,1H3/b11-6+. The number of nitro benzene ring substituents is 1. The van der Waals surface area contributed by atoms with Crippen LogP contribution in [-0.2, 0) is 0 Å². The van der Waals surface area contributed by atoms with Gasteiger partial charge >= 0.3 is 0 Å². The molecule has 0 fully saturated rings. The van der Waals surface area contributed by atoms with Gasteiger partial charge in [-0.1, -0.05) is 18.2 Å². The second-order valence-electron chi connectivity index (χ2n) is 4.51. The molecule has 0 atom stereocenters. The van der Waals surface area contributed by atoms with Crippen LogP contribution >= 0.6 is 0 Å². The van der Waals surface area contributed by atoms with E-state index in [1.807, 2.05) is 6.92 Å². The van der Waals surface area contributed by atoms with Gasteiger partial charge in [0.25, 0.3) is 5.69 Å². The van der Waals surface area contributed by atoms with E-state index >= 15 is 0 Å². The molecule has 0 saturated heterocycles. The Hall–Kier alpha value is -2.95. The molecule has 112 valence electrons. The van der Waals surface area contributed by atoms with Crippen molar-refractivity contribution in [2.24, 2.45) is 0 Å². The molecule has 0 unspecified atom stereocenters. The fourth-order valence-electron chi connectivity index (χ4n) is 1.89. The first kappa shape index (κ1) is 15.4. The van der Waals surface area contributed by atoms with Crippen molar-refractivity contribution < 1.29 is 14.5 Å². The molecule has 22 heavy (non-hydrogen) atoms. The molecule has 0 aliphatic carbocycles. The highest BCUT2D eigenvalue weighted by Crippen LogP contribution is 2.16. The van der Waals surface area contributed by atoms with Gasteiger partial charge in [0.1, 0.15) is 5.75 Å². The van der Waals surface area contributed by atoms with Crippen LogP contribution in [0.25, 0.3) is 6.08 Å². The highest BCUT2D eigenvalue weighted by Gasteiger charge is 2.05. The number of nitro groups is 1. The van der Waals surface area contributed by atoms with Crippen molar-refractivity contribution in [3.8, 4) is 5.75 Å². The lowest BCUT2D eigenvalue weighted by Gasteiger charge is -2.02. The topological polar surface area (TPSA) is 69.4 Å². The van der Waals surface area contributed by atoms with E-state index in [0.717, 1.165) is 0 Å². The van der Waals surface area contributed by atoms with Gasteiger partial charge < -0.3 is 4.74 Å². The third-order valence-corrected chi connectivity index (χ3v) is 2.96. The van der Waals surface area contributed by atoms with Gasteiger partial charge in [-0.25, -0.2) is 0 Å². The molecule has 2 rings (SSSR count). The van der Waals surface area contributed by atoms with Crippen molar-refractivity contribution >= 4 is 17.5 Å². The molecule has 0 saturated carbocycles. The van der Waals surface area contributed by atoms with E-state index in [9.17, 15) is 14.9 Å². The lowest BCUT2D eigenvalue weighted by atomic mass is 10.1. The predicted octanol–water partition coefficient (Wildman–Crippen LogP) is 3.89. The molecular weight excluding hydrogens is 282 g/mol. The first-order valence-corrected chi connectivity index (χ1v) is 6.80. The Morgan fingerprint density at radius 2 is 1.95 bits per heavy atom. The summed E-state index contributed by atoms with van der Waals surface area (Å²) in [6.45, 7) is 2.46. The zero-order valence-electron chi connectivity index (χ0n) is 12.1. The van der Waals surface area contributed by atoms with Gasteiger partial charge in [-0.15, -0.1) is 0 Å². The molecule has 0 heterocycles. The average Bonchev–Trinajstić information content (AvgIpc) is 2.54.